The van der Waals surface area contributed by atoms with Crippen molar-refractivity contribution in [3.63, 3.8) is 0 Å². The van der Waals surface area contributed by atoms with E-state index in [1.54, 1.807) is 19.9 Å². The first-order chi connectivity index (χ1) is 17.1. The summed E-state index contributed by atoms with van der Waals surface area (Å²) in [6, 6.07) is 0. The van der Waals surface area contributed by atoms with Gasteiger partial charge in [0.1, 0.15) is 6.10 Å². The molecule has 5 aliphatic rings. The molecule has 4 fully saturated rings. The number of allylic oxidation sites excluding steroid dienone is 1. The van der Waals surface area contributed by atoms with E-state index in [2.05, 4.69) is 0 Å². The quantitative estimate of drug-likeness (QED) is 0.354. The summed E-state index contributed by atoms with van der Waals surface area (Å²) in [5, 5.41) is 56.2. The van der Waals surface area contributed by atoms with Gasteiger partial charge in [0, 0.05) is 17.3 Å². The zero-order valence-electron chi connectivity index (χ0n) is 22.7. The molecule has 1 aliphatic heterocycles. The Kier molecular flexibility index (Phi) is 6.33. The lowest BCUT2D eigenvalue weighted by Gasteiger charge is -2.60. The number of carbonyl (C=O) groups is 2. The molecular weight excluding hydrogens is 476 g/mol. The summed E-state index contributed by atoms with van der Waals surface area (Å²) in [5.41, 5.74) is -3.47. The van der Waals surface area contributed by atoms with Gasteiger partial charge >= 0.3 is 5.97 Å². The first-order valence-corrected chi connectivity index (χ1v) is 14.0. The average Bonchev–Trinajstić information content (AvgIpc) is 3.23. The van der Waals surface area contributed by atoms with E-state index in [0.29, 0.717) is 37.7 Å². The van der Waals surface area contributed by atoms with E-state index in [1.807, 2.05) is 20.8 Å². The number of rotatable bonds is 4. The summed E-state index contributed by atoms with van der Waals surface area (Å²) < 4.78 is 5.34. The zero-order valence-corrected chi connectivity index (χ0v) is 22.7. The Balaban J connectivity index is 1.44. The lowest BCUT2D eigenvalue weighted by molar-refractivity contribution is -0.178. The molecular formula is C29H44O8. The summed E-state index contributed by atoms with van der Waals surface area (Å²) in [6.45, 7) is 9.21. The van der Waals surface area contributed by atoms with E-state index in [4.69, 9.17) is 4.74 Å². The van der Waals surface area contributed by atoms with Crippen molar-refractivity contribution in [2.45, 2.75) is 115 Å². The van der Waals surface area contributed by atoms with Crippen LogP contribution < -0.4 is 0 Å². The number of cyclic esters (lactones) is 1. The van der Waals surface area contributed by atoms with Gasteiger partial charge < -0.3 is 30.3 Å². The maximum atomic E-state index is 13.3. The van der Waals surface area contributed by atoms with Crippen LogP contribution in [0.5, 0.6) is 0 Å². The molecule has 1 saturated heterocycles. The van der Waals surface area contributed by atoms with Crippen LogP contribution in [-0.4, -0.2) is 72.9 Å². The van der Waals surface area contributed by atoms with Crippen molar-refractivity contribution in [2.75, 3.05) is 0 Å². The highest BCUT2D eigenvalue weighted by Crippen LogP contribution is 2.68. The van der Waals surface area contributed by atoms with E-state index in [9.17, 15) is 35.1 Å². The minimum atomic E-state index is -1.52. The van der Waals surface area contributed by atoms with Gasteiger partial charge in [-0.05, 0) is 87.7 Å². The number of aliphatic hydroxyl groups excluding tert-OH is 3. The number of aliphatic hydroxyl groups is 5. The van der Waals surface area contributed by atoms with Gasteiger partial charge in [-0.25, -0.2) is 0 Å². The third-order valence-corrected chi connectivity index (χ3v) is 11.9. The number of hydrogen-bond acceptors (Lipinski definition) is 8. The molecule has 5 N–H and O–H groups in total. The number of carbonyl (C=O) groups excluding carboxylic acids is 2. The van der Waals surface area contributed by atoms with Crippen LogP contribution >= 0.6 is 0 Å². The van der Waals surface area contributed by atoms with Crippen molar-refractivity contribution in [1.29, 1.82) is 0 Å². The summed E-state index contributed by atoms with van der Waals surface area (Å²) in [5.74, 6) is -1.88. The van der Waals surface area contributed by atoms with Gasteiger partial charge in [-0.3, -0.25) is 9.59 Å². The van der Waals surface area contributed by atoms with Crippen LogP contribution in [0.4, 0.5) is 0 Å². The summed E-state index contributed by atoms with van der Waals surface area (Å²) in [6.07, 6.45) is 1.21. The minimum Gasteiger partial charge on any atom is -0.462 e. The van der Waals surface area contributed by atoms with Gasteiger partial charge in [0.05, 0.1) is 35.4 Å². The second-order valence-corrected chi connectivity index (χ2v) is 13.7. The maximum absolute atomic E-state index is 13.3. The second-order valence-electron chi connectivity index (χ2n) is 13.7. The smallest absolute Gasteiger partial charge is 0.309 e. The van der Waals surface area contributed by atoms with Crippen LogP contribution in [0, 0.1) is 40.4 Å². The van der Waals surface area contributed by atoms with Crippen LogP contribution in [0.3, 0.4) is 0 Å². The van der Waals surface area contributed by atoms with E-state index in [-0.39, 0.29) is 48.5 Å². The number of hydrogen-bond donors (Lipinski definition) is 5. The van der Waals surface area contributed by atoms with Crippen molar-refractivity contribution in [3.8, 4) is 0 Å². The Morgan fingerprint density at radius 3 is 2.41 bits per heavy atom. The van der Waals surface area contributed by atoms with E-state index in [1.165, 1.54) is 0 Å². The molecule has 37 heavy (non-hydrogen) atoms. The predicted octanol–water partition coefficient (Wildman–Crippen LogP) is 1.89. The molecule has 3 saturated carbocycles. The standard InChI is InChI=1S/C29H44O8/c1-14-16(15(2)37-25(14)34)10-24(33)28(5,35)23-7-9-29(36)18-11-20(30)19-12-21(31)22(32)13-26(19,3)17(18)6-8-27(23,29)4/h11,14-17,19,21-24,31-33,35-36H,6-10,12-13H2,1-5H3/t14?,15?,16?,17?,19?,21?,22?,23?,24?,26?,27?,28-,29-/m1/s1. The van der Waals surface area contributed by atoms with Gasteiger partial charge in [0.25, 0.3) is 0 Å². The number of ketones is 1. The Hall–Kier alpha value is -1.32. The third-order valence-electron chi connectivity index (χ3n) is 11.9. The Morgan fingerprint density at radius 1 is 1.11 bits per heavy atom. The first kappa shape index (κ1) is 27.3. The molecule has 0 radical (unpaired) electrons. The molecule has 8 heteroatoms. The molecule has 0 amide bonds. The van der Waals surface area contributed by atoms with Crippen LogP contribution in [0.15, 0.2) is 11.6 Å². The summed E-state index contributed by atoms with van der Waals surface area (Å²) in [4.78, 5) is 25.4. The Bertz CT molecular complexity index is 1010. The molecule has 0 bridgehead atoms. The topological polar surface area (TPSA) is 145 Å². The molecule has 0 aromatic heterocycles. The SMILES string of the molecule is CC1OC(=O)C(C)C1CC(O)[C@](C)(O)C1CC[C@@]2(O)C3=CC(=O)C4CC(O)C(O)CC4(C)C3CCC12C. The fourth-order valence-corrected chi connectivity index (χ4v) is 9.39. The zero-order chi connectivity index (χ0) is 27.3. The van der Waals surface area contributed by atoms with Crippen LogP contribution in [0.25, 0.3) is 0 Å². The molecule has 1 heterocycles. The molecule has 4 aliphatic carbocycles. The molecule has 11 unspecified atom stereocenters. The molecule has 0 aromatic carbocycles. The van der Waals surface area contributed by atoms with E-state index < -0.39 is 52.2 Å². The fraction of sp³-hybridized carbons (Fsp3) is 0.862. The highest BCUT2D eigenvalue weighted by atomic mass is 16.6. The van der Waals surface area contributed by atoms with Crippen molar-refractivity contribution in [2.24, 2.45) is 40.4 Å². The average molecular weight is 521 g/mol. The van der Waals surface area contributed by atoms with Crippen LogP contribution in [0.1, 0.15) is 79.6 Å². The van der Waals surface area contributed by atoms with E-state index in [0.717, 1.165) is 0 Å². The Labute approximate surface area is 219 Å². The van der Waals surface area contributed by atoms with Crippen molar-refractivity contribution in [1.82, 2.24) is 0 Å². The van der Waals surface area contributed by atoms with Crippen molar-refractivity contribution in [3.05, 3.63) is 11.6 Å². The summed E-state index contributed by atoms with van der Waals surface area (Å²) >= 11 is 0. The van der Waals surface area contributed by atoms with Crippen LogP contribution in [-0.2, 0) is 14.3 Å². The molecule has 0 spiro atoms. The van der Waals surface area contributed by atoms with Gasteiger partial charge in [-0.2, -0.15) is 0 Å². The van der Waals surface area contributed by atoms with Gasteiger partial charge in [0.2, 0.25) is 0 Å². The monoisotopic (exact) mass is 520 g/mol. The van der Waals surface area contributed by atoms with Gasteiger partial charge in [-0.15, -0.1) is 0 Å². The summed E-state index contributed by atoms with van der Waals surface area (Å²) in [7, 11) is 0. The molecule has 13 atom stereocenters. The van der Waals surface area contributed by atoms with Gasteiger partial charge in [0.15, 0.2) is 5.78 Å². The fourth-order valence-electron chi connectivity index (χ4n) is 9.39. The third kappa shape index (κ3) is 3.65. The molecule has 8 nitrogen and oxygen atoms in total. The molecule has 0 aromatic rings. The predicted molar refractivity (Wildman–Crippen MR) is 134 cm³/mol. The minimum absolute atomic E-state index is 0.104. The van der Waals surface area contributed by atoms with Gasteiger partial charge in [-0.1, -0.05) is 20.8 Å². The van der Waals surface area contributed by atoms with E-state index >= 15 is 0 Å². The van der Waals surface area contributed by atoms with Crippen molar-refractivity contribution >= 4 is 11.8 Å². The first-order valence-electron chi connectivity index (χ1n) is 14.0. The lowest BCUT2D eigenvalue weighted by Crippen LogP contribution is -2.63. The highest BCUT2D eigenvalue weighted by Gasteiger charge is 2.69. The normalized spacial score (nSPS) is 51.9. The second kappa shape index (κ2) is 8.59. The highest BCUT2D eigenvalue weighted by molar-refractivity contribution is 5.95. The lowest BCUT2D eigenvalue weighted by atomic mass is 9.45. The van der Waals surface area contributed by atoms with Crippen molar-refractivity contribution < 1.29 is 39.9 Å². The largest absolute Gasteiger partial charge is 0.462 e. The van der Waals surface area contributed by atoms with Crippen LogP contribution in [0.2, 0.25) is 0 Å². The molecule has 208 valence electrons. The number of fused-ring (bicyclic) bond motifs is 5. The Morgan fingerprint density at radius 2 is 1.78 bits per heavy atom. The number of ether oxygens (including phenoxy) is 1. The number of esters is 1. The maximum Gasteiger partial charge on any atom is 0.309 e. The molecule has 5 rings (SSSR count).